The summed E-state index contributed by atoms with van der Waals surface area (Å²) in [6.45, 7) is 10.9. The Labute approximate surface area is 123 Å². The highest BCUT2D eigenvalue weighted by molar-refractivity contribution is 5.45. The first-order valence-corrected chi connectivity index (χ1v) is 8.13. The zero-order valence-corrected chi connectivity index (χ0v) is 13.4. The summed E-state index contributed by atoms with van der Waals surface area (Å²) in [6.07, 6.45) is 4.86. The van der Waals surface area contributed by atoms with Crippen molar-refractivity contribution in [3.05, 3.63) is 23.4 Å². The molecule has 1 heterocycles. The second-order valence-corrected chi connectivity index (χ2v) is 6.14. The lowest BCUT2D eigenvalue weighted by molar-refractivity contribution is 0.587. The number of nitrogens with one attached hydrogen (secondary N) is 1. The molecule has 20 heavy (non-hydrogen) atoms. The molecule has 1 aliphatic rings. The van der Waals surface area contributed by atoms with Gasteiger partial charge in [-0.3, -0.25) is 0 Å². The van der Waals surface area contributed by atoms with E-state index in [1.807, 2.05) is 0 Å². The molecule has 0 unspecified atom stereocenters. The van der Waals surface area contributed by atoms with Crippen LogP contribution in [0.3, 0.4) is 0 Å². The summed E-state index contributed by atoms with van der Waals surface area (Å²) in [5.74, 6) is 1.19. The van der Waals surface area contributed by atoms with Crippen LogP contribution in [0.5, 0.6) is 0 Å². The van der Waals surface area contributed by atoms with Crippen LogP contribution < -0.4 is 10.2 Å². The summed E-state index contributed by atoms with van der Waals surface area (Å²) in [6, 6.07) is 5.78. The molecule has 112 valence electrons. The Morgan fingerprint density at radius 3 is 2.60 bits per heavy atom. The van der Waals surface area contributed by atoms with Gasteiger partial charge in [0.25, 0.3) is 0 Å². The van der Waals surface area contributed by atoms with Crippen molar-refractivity contribution in [1.82, 2.24) is 10.3 Å². The first kappa shape index (κ1) is 15.3. The lowest BCUT2D eigenvalue weighted by atomic mass is 10.1. The highest BCUT2D eigenvalue weighted by Gasteiger charge is 2.29. The number of nitrogens with zero attached hydrogens (tertiary/aromatic N) is 2. The molecule has 1 saturated carbocycles. The SMILES string of the molecule is CCCN(c1cc(CNC(C)C)cc(CC)n1)C1CC1. The number of rotatable bonds is 8. The van der Waals surface area contributed by atoms with Crippen LogP contribution in [0.4, 0.5) is 5.82 Å². The van der Waals surface area contributed by atoms with Gasteiger partial charge in [-0.05, 0) is 43.4 Å². The van der Waals surface area contributed by atoms with Crippen LogP contribution >= 0.6 is 0 Å². The van der Waals surface area contributed by atoms with Crippen LogP contribution in [0, 0.1) is 0 Å². The monoisotopic (exact) mass is 275 g/mol. The van der Waals surface area contributed by atoms with E-state index >= 15 is 0 Å². The van der Waals surface area contributed by atoms with Gasteiger partial charge >= 0.3 is 0 Å². The largest absolute Gasteiger partial charge is 0.354 e. The molecule has 0 bridgehead atoms. The van der Waals surface area contributed by atoms with E-state index in [4.69, 9.17) is 4.98 Å². The maximum absolute atomic E-state index is 4.86. The van der Waals surface area contributed by atoms with Crippen molar-refractivity contribution in [2.75, 3.05) is 11.4 Å². The Balaban J connectivity index is 2.19. The number of hydrogen-bond acceptors (Lipinski definition) is 3. The van der Waals surface area contributed by atoms with E-state index in [1.54, 1.807) is 0 Å². The van der Waals surface area contributed by atoms with Gasteiger partial charge in [0.05, 0.1) is 0 Å². The third-order valence-electron chi connectivity index (χ3n) is 3.75. The zero-order valence-electron chi connectivity index (χ0n) is 13.4. The molecular formula is C17H29N3. The normalized spacial score (nSPS) is 14.8. The first-order chi connectivity index (χ1) is 9.63. The first-order valence-electron chi connectivity index (χ1n) is 8.13. The van der Waals surface area contributed by atoms with Crippen molar-refractivity contribution in [3.8, 4) is 0 Å². The van der Waals surface area contributed by atoms with E-state index in [9.17, 15) is 0 Å². The smallest absolute Gasteiger partial charge is 0.129 e. The quantitative estimate of drug-likeness (QED) is 0.787. The van der Waals surface area contributed by atoms with Gasteiger partial charge in [-0.25, -0.2) is 4.98 Å². The highest BCUT2D eigenvalue weighted by Crippen LogP contribution is 2.31. The highest BCUT2D eigenvalue weighted by atomic mass is 15.2. The van der Waals surface area contributed by atoms with E-state index < -0.39 is 0 Å². The summed E-state index contributed by atoms with van der Waals surface area (Å²) >= 11 is 0. The molecule has 0 atom stereocenters. The van der Waals surface area contributed by atoms with Gasteiger partial charge in [0.2, 0.25) is 0 Å². The minimum absolute atomic E-state index is 0.520. The molecule has 2 rings (SSSR count). The molecule has 0 radical (unpaired) electrons. The molecule has 0 spiro atoms. The Morgan fingerprint density at radius 1 is 1.30 bits per heavy atom. The Bertz CT molecular complexity index is 424. The number of aryl methyl sites for hydroxylation is 1. The van der Waals surface area contributed by atoms with Crippen LogP contribution in [0.25, 0.3) is 0 Å². The fourth-order valence-corrected chi connectivity index (χ4v) is 2.50. The van der Waals surface area contributed by atoms with Crippen LogP contribution in [-0.2, 0) is 13.0 Å². The molecular weight excluding hydrogens is 246 g/mol. The molecule has 0 amide bonds. The number of pyridine rings is 1. The molecule has 1 aromatic rings. The Morgan fingerprint density at radius 2 is 2.05 bits per heavy atom. The molecule has 1 aliphatic carbocycles. The molecule has 1 N–H and O–H groups in total. The summed E-state index contributed by atoms with van der Waals surface area (Å²) in [5, 5.41) is 3.51. The van der Waals surface area contributed by atoms with Gasteiger partial charge in [0, 0.05) is 30.9 Å². The average molecular weight is 275 g/mol. The predicted octanol–water partition coefficient (Wildman–Crippen LogP) is 3.52. The third kappa shape index (κ3) is 4.20. The van der Waals surface area contributed by atoms with E-state index in [-0.39, 0.29) is 0 Å². The Hall–Kier alpha value is -1.09. The number of hydrogen-bond donors (Lipinski definition) is 1. The van der Waals surface area contributed by atoms with Gasteiger partial charge in [-0.15, -0.1) is 0 Å². The molecule has 3 nitrogen and oxygen atoms in total. The van der Waals surface area contributed by atoms with Crippen molar-refractivity contribution in [3.63, 3.8) is 0 Å². The minimum atomic E-state index is 0.520. The van der Waals surface area contributed by atoms with Crippen molar-refractivity contribution in [2.24, 2.45) is 0 Å². The van der Waals surface area contributed by atoms with Crippen LogP contribution in [0.2, 0.25) is 0 Å². The molecule has 3 heteroatoms. The molecule has 1 fully saturated rings. The summed E-state index contributed by atoms with van der Waals surface area (Å²) in [4.78, 5) is 7.37. The van der Waals surface area contributed by atoms with Crippen molar-refractivity contribution >= 4 is 5.82 Å². The Kier molecular flexibility index (Phi) is 5.41. The van der Waals surface area contributed by atoms with Gasteiger partial charge < -0.3 is 10.2 Å². The van der Waals surface area contributed by atoms with E-state index in [1.165, 1.54) is 36.3 Å². The predicted molar refractivity (Wildman–Crippen MR) is 86.2 cm³/mol. The van der Waals surface area contributed by atoms with E-state index in [2.05, 4.69) is 50.0 Å². The molecule has 0 aromatic carbocycles. The lowest BCUT2D eigenvalue weighted by Gasteiger charge is -2.24. The van der Waals surface area contributed by atoms with Crippen molar-refractivity contribution in [2.45, 2.75) is 72.0 Å². The fourth-order valence-electron chi connectivity index (χ4n) is 2.50. The van der Waals surface area contributed by atoms with E-state index in [0.717, 1.165) is 25.6 Å². The minimum Gasteiger partial charge on any atom is -0.354 e. The van der Waals surface area contributed by atoms with Crippen molar-refractivity contribution < 1.29 is 0 Å². The zero-order chi connectivity index (χ0) is 14.5. The summed E-state index contributed by atoms with van der Waals surface area (Å²) in [7, 11) is 0. The van der Waals surface area contributed by atoms with Gasteiger partial charge in [-0.2, -0.15) is 0 Å². The van der Waals surface area contributed by atoms with Gasteiger partial charge in [0.15, 0.2) is 0 Å². The summed E-state index contributed by atoms with van der Waals surface area (Å²) in [5.41, 5.74) is 2.58. The van der Waals surface area contributed by atoms with Gasteiger partial charge in [-0.1, -0.05) is 27.7 Å². The van der Waals surface area contributed by atoms with Crippen LogP contribution in [-0.4, -0.2) is 23.6 Å². The molecule has 1 aromatic heterocycles. The topological polar surface area (TPSA) is 28.2 Å². The lowest BCUT2D eigenvalue weighted by Crippen LogP contribution is -2.28. The number of aromatic nitrogens is 1. The number of anilines is 1. The fraction of sp³-hybridized carbons (Fsp3) is 0.706. The average Bonchev–Trinajstić information content (AvgIpc) is 3.26. The third-order valence-corrected chi connectivity index (χ3v) is 3.75. The standard InChI is InChI=1S/C17H29N3/c1-5-9-20(16-7-8-16)17-11-14(12-18-13(3)4)10-15(6-2)19-17/h10-11,13,16,18H,5-9,12H2,1-4H3. The van der Waals surface area contributed by atoms with Crippen molar-refractivity contribution in [1.29, 1.82) is 0 Å². The maximum atomic E-state index is 4.86. The van der Waals surface area contributed by atoms with Crippen LogP contribution in [0.1, 0.15) is 58.2 Å². The second kappa shape index (κ2) is 7.07. The summed E-state index contributed by atoms with van der Waals surface area (Å²) < 4.78 is 0. The van der Waals surface area contributed by atoms with Crippen LogP contribution in [0.15, 0.2) is 12.1 Å². The molecule has 0 saturated heterocycles. The molecule has 0 aliphatic heterocycles. The van der Waals surface area contributed by atoms with Gasteiger partial charge in [0.1, 0.15) is 5.82 Å². The maximum Gasteiger partial charge on any atom is 0.129 e. The van der Waals surface area contributed by atoms with E-state index in [0.29, 0.717) is 6.04 Å². The second-order valence-electron chi connectivity index (χ2n) is 6.14.